The van der Waals surface area contributed by atoms with Crippen molar-refractivity contribution in [3.8, 4) is 5.75 Å². The van der Waals surface area contributed by atoms with Gasteiger partial charge in [0.15, 0.2) is 0 Å². The zero-order valence-corrected chi connectivity index (χ0v) is 15.7. The number of anilines is 1. The number of piperazine rings is 1. The van der Waals surface area contributed by atoms with E-state index in [1.165, 1.54) is 25.7 Å². The molecule has 2 N–H and O–H groups in total. The van der Waals surface area contributed by atoms with E-state index in [0.29, 0.717) is 12.3 Å². The van der Waals surface area contributed by atoms with Crippen LogP contribution >= 0.6 is 0 Å². The molecular formula is C20H33N3O2. The first-order chi connectivity index (χ1) is 12.1. The van der Waals surface area contributed by atoms with E-state index in [2.05, 4.69) is 29.0 Å². The number of carbonyl (C=O) groups is 1. The minimum absolute atomic E-state index is 0.124. The third-order valence-corrected chi connectivity index (χ3v) is 4.86. The van der Waals surface area contributed by atoms with Crippen molar-refractivity contribution in [1.82, 2.24) is 10.2 Å². The molecule has 1 saturated heterocycles. The quantitative estimate of drug-likeness (QED) is 0.674. The van der Waals surface area contributed by atoms with Gasteiger partial charge in [-0.15, -0.1) is 0 Å². The van der Waals surface area contributed by atoms with E-state index in [1.807, 2.05) is 18.2 Å². The summed E-state index contributed by atoms with van der Waals surface area (Å²) in [5.41, 5.74) is 0.882. The Hall–Kier alpha value is -1.75. The van der Waals surface area contributed by atoms with E-state index in [1.54, 1.807) is 6.07 Å². The number of aromatic hydroxyl groups is 1. The lowest BCUT2D eigenvalue weighted by atomic mass is 10.1. The average Bonchev–Trinajstić information content (AvgIpc) is 2.60. The number of para-hydroxylation sites is 2. The summed E-state index contributed by atoms with van der Waals surface area (Å²) in [6.45, 7) is 8.12. The molecule has 0 spiro atoms. The minimum Gasteiger partial charge on any atom is -0.506 e. The lowest BCUT2D eigenvalue weighted by Crippen LogP contribution is -2.50. The Bertz CT molecular complexity index is 527. The molecule has 0 aliphatic carbocycles. The number of nitrogens with one attached hydrogen (secondary N) is 1. The van der Waals surface area contributed by atoms with Gasteiger partial charge in [0.25, 0.3) is 0 Å². The molecule has 0 aromatic heterocycles. The first-order valence-corrected chi connectivity index (χ1v) is 9.64. The standard InChI is InChI=1S/C20H33N3O2/c1-3-4-5-6-9-17(2)21-20(25)16-22-12-14-23(15-13-22)18-10-7-8-11-19(18)24/h7-8,10-11,17,24H,3-6,9,12-16H2,1-2H3,(H,21,25)/t17-/m0/s1. The number of benzene rings is 1. The van der Waals surface area contributed by atoms with Crippen molar-refractivity contribution >= 4 is 11.6 Å². The summed E-state index contributed by atoms with van der Waals surface area (Å²) in [5.74, 6) is 0.449. The van der Waals surface area contributed by atoms with Gasteiger partial charge in [0, 0.05) is 32.2 Å². The molecule has 5 nitrogen and oxygen atoms in total. The molecule has 140 valence electrons. The summed E-state index contributed by atoms with van der Waals surface area (Å²) in [6.07, 6.45) is 6.03. The predicted molar refractivity (Wildman–Crippen MR) is 103 cm³/mol. The monoisotopic (exact) mass is 347 g/mol. The summed E-state index contributed by atoms with van der Waals surface area (Å²) < 4.78 is 0. The van der Waals surface area contributed by atoms with Gasteiger partial charge in [0.05, 0.1) is 12.2 Å². The number of unbranched alkanes of at least 4 members (excludes halogenated alkanes) is 3. The molecule has 0 bridgehead atoms. The van der Waals surface area contributed by atoms with Gasteiger partial charge in [-0.3, -0.25) is 9.69 Å². The average molecular weight is 348 g/mol. The van der Waals surface area contributed by atoms with Gasteiger partial charge >= 0.3 is 0 Å². The fraction of sp³-hybridized carbons (Fsp3) is 0.650. The van der Waals surface area contributed by atoms with Gasteiger partial charge in [-0.25, -0.2) is 0 Å². The number of phenols is 1. The van der Waals surface area contributed by atoms with Crippen LogP contribution in [-0.2, 0) is 4.79 Å². The van der Waals surface area contributed by atoms with Crippen molar-refractivity contribution in [1.29, 1.82) is 0 Å². The molecule has 1 aromatic carbocycles. The van der Waals surface area contributed by atoms with Gasteiger partial charge in [-0.05, 0) is 25.5 Å². The largest absolute Gasteiger partial charge is 0.506 e. The molecule has 1 atom stereocenters. The molecular weight excluding hydrogens is 314 g/mol. The highest BCUT2D eigenvalue weighted by molar-refractivity contribution is 5.78. The van der Waals surface area contributed by atoms with Crippen LogP contribution in [0, 0.1) is 0 Å². The van der Waals surface area contributed by atoms with E-state index in [9.17, 15) is 9.90 Å². The molecule has 1 aromatic rings. The number of rotatable bonds is 9. The van der Waals surface area contributed by atoms with Crippen LogP contribution in [0.1, 0.15) is 46.0 Å². The normalized spacial score (nSPS) is 16.6. The number of carbonyl (C=O) groups excluding carboxylic acids is 1. The Kier molecular flexibility index (Phi) is 8.06. The maximum absolute atomic E-state index is 12.2. The highest BCUT2D eigenvalue weighted by Gasteiger charge is 2.21. The lowest BCUT2D eigenvalue weighted by Gasteiger charge is -2.36. The minimum atomic E-state index is 0.124. The van der Waals surface area contributed by atoms with Gasteiger partial charge < -0.3 is 15.3 Å². The third-order valence-electron chi connectivity index (χ3n) is 4.86. The number of hydrogen-bond acceptors (Lipinski definition) is 4. The number of hydrogen-bond donors (Lipinski definition) is 2. The first kappa shape index (κ1) is 19.6. The van der Waals surface area contributed by atoms with Crippen LogP contribution in [0.2, 0.25) is 0 Å². The van der Waals surface area contributed by atoms with Crippen LogP contribution in [-0.4, -0.2) is 54.7 Å². The molecule has 1 aliphatic heterocycles. The second-order valence-electron chi connectivity index (χ2n) is 7.07. The summed E-state index contributed by atoms with van der Waals surface area (Å²) in [4.78, 5) is 16.6. The van der Waals surface area contributed by atoms with Crippen molar-refractivity contribution in [2.24, 2.45) is 0 Å². The zero-order chi connectivity index (χ0) is 18.1. The van der Waals surface area contributed by atoms with Crippen LogP contribution < -0.4 is 10.2 Å². The Morgan fingerprint density at radius 2 is 1.88 bits per heavy atom. The Balaban J connectivity index is 1.67. The Morgan fingerprint density at radius 3 is 2.56 bits per heavy atom. The molecule has 1 fully saturated rings. The van der Waals surface area contributed by atoms with Crippen LogP contribution in [0.3, 0.4) is 0 Å². The van der Waals surface area contributed by atoms with Gasteiger partial charge in [0.2, 0.25) is 5.91 Å². The molecule has 0 saturated carbocycles. The topological polar surface area (TPSA) is 55.8 Å². The molecule has 0 radical (unpaired) electrons. The van der Waals surface area contributed by atoms with Crippen LogP contribution in [0.5, 0.6) is 5.75 Å². The number of nitrogens with zero attached hydrogens (tertiary/aromatic N) is 2. The SMILES string of the molecule is CCCCCC[C@H](C)NC(=O)CN1CCN(c2ccccc2O)CC1. The molecule has 1 heterocycles. The van der Waals surface area contributed by atoms with E-state index in [4.69, 9.17) is 0 Å². The van der Waals surface area contributed by atoms with Crippen molar-refractivity contribution in [3.05, 3.63) is 24.3 Å². The van der Waals surface area contributed by atoms with Crippen molar-refractivity contribution in [2.45, 2.75) is 52.0 Å². The van der Waals surface area contributed by atoms with Crippen LogP contribution in [0.15, 0.2) is 24.3 Å². The van der Waals surface area contributed by atoms with Crippen molar-refractivity contribution in [2.75, 3.05) is 37.6 Å². The van der Waals surface area contributed by atoms with Crippen molar-refractivity contribution in [3.63, 3.8) is 0 Å². The molecule has 5 heteroatoms. The van der Waals surface area contributed by atoms with E-state index in [0.717, 1.165) is 38.3 Å². The maximum Gasteiger partial charge on any atom is 0.234 e. The fourth-order valence-electron chi connectivity index (χ4n) is 3.35. The summed E-state index contributed by atoms with van der Waals surface area (Å²) >= 11 is 0. The highest BCUT2D eigenvalue weighted by Crippen LogP contribution is 2.27. The summed E-state index contributed by atoms with van der Waals surface area (Å²) in [5, 5.41) is 13.1. The van der Waals surface area contributed by atoms with E-state index < -0.39 is 0 Å². The Labute approximate surface area is 152 Å². The molecule has 1 amide bonds. The van der Waals surface area contributed by atoms with Gasteiger partial charge in [-0.1, -0.05) is 44.7 Å². The fourth-order valence-corrected chi connectivity index (χ4v) is 3.35. The summed E-state index contributed by atoms with van der Waals surface area (Å²) in [6, 6.07) is 7.70. The van der Waals surface area contributed by atoms with Crippen LogP contribution in [0.25, 0.3) is 0 Å². The Morgan fingerprint density at radius 1 is 1.16 bits per heavy atom. The number of phenolic OH excluding ortho intramolecular Hbond substituents is 1. The summed E-state index contributed by atoms with van der Waals surface area (Å²) in [7, 11) is 0. The maximum atomic E-state index is 12.2. The highest BCUT2D eigenvalue weighted by atomic mass is 16.3. The predicted octanol–water partition coefficient (Wildman–Crippen LogP) is 2.99. The molecule has 25 heavy (non-hydrogen) atoms. The molecule has 2 rings (SSSR count). The third kappa shape index (κ3) is 6.58. The van der Waals surface area contributed by atoms with Gasteiger partial charge in [0.1, 0.15) is 5.75 Å². The second-order valence-corrected chi connectivity index (χ2v) is 7.07. The van der Waals surface area contributed by atoms with Crippen molar-refractivity contribution < 1.29 is 9.90 Å². The van der Waals surface area contributed by atoms with Crippen LogP contribution in [0.4, 0.5) is 5.69 Å². The lowest BCUT2D eigenvalue weighted by molar-refractivity contribution is -0.123. The molecule has 1 aliphatic rings. The second kappa shape index (κ2) is 10.3. The molecule has 0 unspecified atom stereocenters. The van der Waals surface area contributed by atoms with E-state index >= 15 is 0 Å². The first-order valence-electron chi connectivity index (χ1n) is 9.64. The van der Waals surface area contributed by atoms with E-state index in [-0.39, 0.29) is 11.9 Å². The van der Waals surface area contributed by atoms with Gasteiger partial charge in [-0.2, -0.15) is 0 Å². The smallest absolute Gasteiger partial charge is 0.234 e. The number of amides is 1. The zero-order valence-electron chi connectivity index (χ0n) is 15.7.